The van der Waals surface area contributed by atoms with Gasteiger partial charge in [-0.25, -0.2) is 9.97 Å². The zero-order valence-corrected chi connectivity index (χ0v) is 6.88. The van der Waals surface area contributed by atoms with Crippen molar-refractivity contribution in [3.63, 3.8) is 0 Å². The van der Waals surface area contributed by atoms with Crippen LogP contribution in [0.25, 0.3) is 0 Å². The van der Waals surface area contributed by atoms with Crippen LogP contribution in [0.3, 0.4) is 0 Å². The lowest BCUT2D eigenvalue weighted by molar-refractivity contribution is 0.101. The smallest absolute Gasteiger partial charge is 0.163 e. The second-order valence-electron chi connectivity index (χ2n) is 2.47. The fourth-order valence-electron chi connectivity index (χ4n) is 0.929. The van der Waals surface area contributed by atoms with Crippen molar-refractivity contribution in [2.45, 2.75) is 20.8 Å². The van der Waals surface area contributed by atoms with Gasteiger partial charge in [0.15, 0.2) is 5.78 Å². The van der Waals surface area contributed by atoms with E-state index in [1.165, 1.54) is 6.92 Å². The maximum absolute atomic E-state index is 10.9. The molecule has 0 saturated carbocycles. The summed E-state index contributed by atoms with van der Waals surface area (Å²) < 4.78 is 0. The third-order valence-corrected chi connectivity index (χ3v) is 1.48. The Balaban J connectivity index is 3.20. The minimum atomic E-state index is 0.0162. The van der Waals surface area contributed by atoms with Gasteiger partial charge >= 0.3 is 0 Å². The van der Waals surface area contributed by atoms with E-state index in [9.17, 15) is 4.79 Å². The summed E-state index contributed by atoms with van der Waals surface area (Å²) in [6.07, 6.45) is 1.57. The minimum absolute atomic E-state index is 0.0162. The van der Waals surface area contributed by atoms with Crippen molar-refractivity contribution < 1.29 is 4.79 Å². The highest BCUT2D eigenvalue weighted by Crippen LogP contribution is 2.03. The number of carbonyl (C=O) groups is 1. The van der Waals surface area contributed by atoms with Gasteiger partial charge in [0.25, 0.3) is 0 Å². The van der Waals surface area contributed by atoms with E-state index >= 15 is 0 Å². The van der Waals surface area contributed by atoms with Crippen LogP contribution in [0.2, 0.25) is 0 Å². The minimum Gasteiger partial charge on any atom is -0.294 e. The first-order chi connectivity index (χ1) is 5.11. The van der Waals surface area contributed by atoms with E-state index in [4.69, 9.17) is 0 Å². The highest BCUT2D eigenvalue weighted by atomic mass is 16.1. The van der Waals surface area contributed by atoms with Crippen LogP contribution < -0.4 is 0 Å². The number of hydrogen-bond acceptors (Lipinski definition) is 3. The SMILES string of the molecule is CC(=O)c1cnc(C)nc1C. The van der Waals surface area contributed by atoms with Gasteiger partial charge in [-0.1, -0.05) is 0 Å². The van der Waals surface area contributed by atoms with Gasteiger partial charge < -0.3 is 0 Å². The predicted molar refractivity (Wildman–Crippen MR) is 41.5 cm³/mol. The van der Waals surface area contributed by atoms with Gasteiger partial charge in [-0.15, -0.1) is 0 Å². The van der Waals surface area contributed by atoms with Gasteiger partial charge in [0, 0.05) is 6.20 Å². The summed E-state index contributed by atoms with van der Waals surface area (Å²) in [5, 5.41) is 0. The molecule has 3 nitrogen and oxygen atoms in total. The molecule has 1 aromatic rings. The predicted octanol–water partition coefficient (Wildman–Crippen LogP) is 1.30. The molecule has 0 radical (unpaired) electrons. The fourth-order valence-corrected chi connectivity index (χ4v) is 0.929. The van der Waals surface area contributed by atoms with Gasteiger partial charge in [-0.2, -0.15) is 0 Å². The molecule has 0 amide bonds. The van der Waals surface area contributed by atoms with Crippen LogP contribution in [0.1, 0.15) is 28.8 Å². The lowest BCUT2D eigenvalue weighted by Gasteiger charge is -1.99. The maximum atomic E-state index is 10.9. The number of rotatable bonds is 1. The normalized spacial score (nSPS) is 9.73. The number of aryl methyl sites for hydroxylation is 2. The van der Waals surface area contributed by atoms with Crippen LogP contribution in [0.5, 0.6) is 0 Å². The third-order valence-electron chi connectivity index (χ3n) is 1.48. The molecule has 3 heteroatoms. The van der Waals surface area contributed by atoms with Crippen LogP contribution in [0.4, 0.5) is 0 Å². The van der Waals surface area contributed by atoms with Crippen molar-refractivity contribution in [2.75, 3.05) is 0 Å². The Hall–Kier alpha value is -1.25. The number of hydrogen-bond donors (Lipinski definition) is 0. The second-order valence-corrected chi connectivity index (χ2v) is 2.47. The van der Waals surface area contributed by atoms with Crippen LogP contribution >= 0.6 is 0 Å². The molecule has 0 N–H and O–H groups in total. The first-order valence-electron chi connectivity index (χ1n) is 3.42. The molecule has 0 aliphatic carbocycles. The molecule has 0 bridgehead atoms. The number of nitrogens with zero attached hydrogens (tertiary/aromatic N) is 2. The molecular weight excluding hydrogens is 140 g/mol. The number of carbonyl (C=O) groups excluding carboxylic acids is 1. The molecule has 1 rings (SSSR count). The third kappa shape index (κ3) is 1.61. The molecule has 1 aromatic heterocycles. The summed E-state index contributed by atoms with van der Waals surface area (Å²) in [7, 11) is 0. The largest absolute Gasteiger partial charge is 0.294 e. The lowest BCUT2D eigenvalue weighted by atomic mass is 10.2. The van der Waals surface area contributed by atoms with Crippen molar-refractivity contribution in [1.82, 2.24) is 9.97 Å². The van der Waals surface area contributed by atoms with Crippen molar-refractivity contribution in [1.29, 1.82) is 0 Å². The van der Waals surface area contributed by atoms with Crippen molar-refractivity contribution >= 4 is 5.78 Å². The summed E-state index contributed by atoms with van der Waals surface area (Å²) in [6.45, 7) is 5.13. The molecular formula is C8H10N2O. The molecule has 1 heterocycles. The highest BCUT2D eigenvalue weighted by molar-refractivity contribution is 5.94. The molecule has 0 fully saturated rings. The van der Waals surface area contributed by atoms with E-state index in [0.29, 0.717) is 11.4 Å². The van der Waals surface area contributed by atoms with E-state index in [0.717, 1.165) is 5.69 Å². The lowest BCUT2D eigenvalue weighted by Crippen LogP contribution is -2.01. The van der Waals surface area contributed by atoms with Gasteiger partial charge in [0.05, 0.1) is 11.3 Å². The van der Waals surface area contributed by atoms with Crippen molar-refractivity contribution in [2.24, 2.45) is 0 Å². The Morgan fingerprint density at radius 1 is 1.45 bits per heavy atom. The standard InChI is InChI=1S/C8H10N2O/c1-5-8(6(2)11)4-9-7(3)10-5/h4H,1-3H3. The molecule has 0 saturated heterocycles. The molecule has 0 spiro atoms. The number of Topliss-reactive ketones (excluding diaryl/α,β-unsaturated/α-hetero) is 1. The van der Waals surface area contributed by atoms with Crippen LogP contribution in [-0.4, -0.2) is 15.8 Å². The first-order valence-corrected chi connectivity index (χ1v) is 3.42. The van der Waals surface area contributed by atoms with E-state index in [2.05, 4.69) is 9.97 Å². The highest BCUT2D eigenvalue weighted by Gasteiger charge is 2.04. The van der Waals surface area contributed by atoms with Gasteiger partial charge in [-0.3, -0.25) is 4.79 Å². The van der Waals surface area contributed by atoms with Crippen LogP contribution in [0, 0.1) is 13.8 Å². The van der Waals surface area contributed by atoms with E-state index in [-0.39, 0.29) is 5.78 Å². The fraction of sp³-hybridized carbons (Fsp3) is 0.375. The zero-order valence-electron chi connectivity index (χ0n) is 6.88. The van der Waals surface area contributed by atoms with Gasteiger partial charge in [0.1, 0.15) is 5.82 Å². The molecule has 11 heavy (non-hydrogen) atoms. The topological polar surface area (TPSA) is 42.9 Å². The van der Waals surface area contributed by atoms with Gasteiger partial charge in [-0.05, 0) is 20.8 Å². The van der Waals surface area contributed by atoms with Gasteiger partial charge in [0.2, 0.25) is 0 Å². The van der Waals surface area contributed by atoms with E-state index in [1.807, 2.05) is 6.92 Å². The number of aromatic nitrogens is 2. The summed E-state index contributed by atoms with van der Waals surface area (Å²) in [4.78, 5) is 18.9. The quantitative estimate of drug-likeness (QED) is 0.566. The van der Waals surface area contributed by atoms with Crippen LogP contribution in [-0.2, 0) is 0 Å². The summed E-state index contributed by atoms with van der Waals surface area (Å²) >= 11 is 0. The van der Waals surface area contributed by atoms with Crippen molar-refractivity contribution in [3.05, 3.63) is 23.3 Å². The van der Waals surface area contributed by atoms with Crippen molar-refractivity contribution in [3.8, 4) is 0 Å². The molecule has 0 aromatic carbocycles. The summed E-state index contributed by atoms with van der Waals surface area (Å²) in [5.74, 6) is 0.718. The average Bonchev–Trinajstić information content (AvgIpc) is 1.85. The Morgan fingerprint density at radius 2 is 2.09 bits per heavy atom. The Labute approximate surface area is 65.5 Å². The molecule has 0 unspecified atom stereocenters. The summed E-state index contributed by atoms with van der Waals surface area (Å²) in [5.41, 5.74) is 1.36. The zero-order chi connectivity index (χ0) is 8.43. The molecule has 0 atom stereocenters. The summed E-state index contributed by atoms with van der Waals surface area (Å²) in [6, 6.07) is 0. The Kier molecular flexibility index (Phi) is 1.98. The molecule has 58 valence electrons. The van der Waals surface area contributed by atoms with Crippen LogP contribution in [0.15, 0.2) is 6.20 Å². The molecule has 0 aliphatic rings. The Morgan fingerprint density at radius 3 is 2.55 bits per heavy atom. The molecule has 0 aliphatic heterocycles. The first kappa shape index (κ1) is 7.85. The Bertz CT molecular complexity index is 294. The van der Waals surface area contributed by atoms with E-state index in [1.54, 1.807) is 13.1 Å². The average molecular weight is 150 g/mol. The van der Waals surface area contributed by atoms with E-state index < -0.39 is 0 Å². The second kappa shape index (κ2) is 2.78. The number of ketones is 1. The monoisotopic (exact) mass is 150 g/mol. The maximum Gasteiger partial charge on any atom is 0.163 e.